The lowest BCUT2D eigenvalue weighted by molar-refractivity contribution is 0.0941. The normalized spacial score (nSPS) is 21.0. The van der Waals surface area contributed by atoms with Crippen LogP contribution in [0.1, 0.15) is 48.5 Å². The van der Waals surface area contributed by atoms with Crippen LogP contribution >= 0.6 is 11.3 Å². The quantitative estimate of drug-likeness (QED) is 0.896. The van der Waals surface area contributed by atoms with Crippen LogP contribution in [-0.2, 0) is 7.05 Å². The largest absolute Gasteiger partial charge is 0.397 e. The summed E-state index contributed by atoms with van der Waals surface area (Å²) in [5.74, 6) is -0.0456. The van der Waals surface area contributed by atoms with Crippen LogP contribution in [0, 0.1) is 12.3 Å². The fourth-order valence-corrected chi connectivity index (χ4v) is 4.40. The number of hydrogen-bond acceptors (Lipinski definition) is 4. The zero-order chi connectivity index (χ0) is 15.4. The van der Waals surface area contributed by atoms with Gasteiger partial charge in [0.15, 0.2) is 0 Å². The van der Waals surface area contributed by atoms with E-state index < -0.39 is 0 Å². The Kier molecular flexibility index (Phi) is 3.24. The van der Waals surface area contributed by atoms with E-state index in [0.29, 0.717) is 16.0 Å². The number of aromatic nitrogens is 2. The van der Waals surface area contributed by atoms with Gasteiger partial charge in [-0.3, -0.25) is 9.48 Å². The highest BCUT2D eigenvalue weighted by Crippen LogP contribution is 2.38. The molecule has 0 saturated heterocycles. The SMILES string of the molecule is Cc1nn(C)c2sc(C(=O)NC3CCC(C)(C)C3)c(N)c12. The van der Waals surface area contributed by atoms with E-state index in [1.54, 1.807) is 4.68 Å². The van der Waals surface area contributed by atoms with Crippen molar-refractivity contribution in [2.75, 3.05) is 5.73 Å². The molecular weight excluding hydrogens is 284 g/mol. The molecule has 1 fully saturated rings. The van der Waals surface area contributed by atoms with E-state index in [1.807, 2.05) is 14.0 Å². The van der Waals surface area contributed by atoms with Gasteiger partial charge >= 0.3 is 0 Å². The second-order valence-corrected chi connectivity index (χ2v) is 7.81. The first kappa shape index (κ1) is 14.4. The fourth-order valence-electron chi connectivity index (χ4n) is 3.31. The summed E-state index contributed by atoms with van der Waals surface area (Å²) in [4.78, 5) is 14.1. The highest BCUT2D eigenvalue weighted by atomic mass is 32.1. The van der Waals surface area contributed by atoms with Crippen LogP contribution in [-0.4, -0.2) is 21.7 Å². The van der Waals surface area contributed by atoms with Gasteiger partial charge in [-0.1, -0.05) is 13.8 Å². The summed E-state index contributed by atoms with van der Waals surface area (Å²) >= 11 is 1.43. The first-order valence-corrected chi connectivity index (χ1v) is 8.12. The van der Waals surface area contributed by atoms with Gasteiger partial charge in [-0.05, 0) is 31.6 Å². The number of nitrogens with zero attached hydrogens (tertiary/aromatic N) is 2. The average molecular weight is 306 g/mol. The number of hydrogen-bond donors (Lipinski definition) is 2. The zero-order valence-corrected chi connectivity index (χ0v) is 13.8. The number of aryl methyl sites for hydroxylation is 2. The number of rotatable bonds is 2. The lowest BCUT2D eigenvalue weighted by Crippen LogP contribution is -2.33. The van der Waals surface area contributed by atoms with Crippen LogP contribution in [0.5, 0.6) is 0 Å². The lowest BCUT2D eigenvalue weighted by Gasteiger charge is -2.17. The Morgan fingerprint density at radius 2 is 2.24 bits per heavy atom. The zero-order valence-electron chi connectivity index (χ0n) is 13.0. The molecule has 5 nitrogen and oxygen atoms in total. The summed E-state index contributed by atoms with van der Waals surface area (Å²) in [6.07, 6.45) is 3.23. The maximum atomic E-state index is 12.5. The number of amides is 1. The fraction of sp³-hybridized carbons (Fsp3) is 0.600. The van der Waals surface area contributed by atoms with Gasteiger partial charge < -0.3 is 11.1 Å². The highest BCUT2D eigenvalue weighted by Gasteiger charge is 2.32. The molecule has 0 bridgehead atoms. The molecule has 114 valence electrons. The van der Waals surface area contributed by atoms with Crippen molar-refractivity contribution in [3.63, 3.8) is 0 Å². The summed E-state index contributed by atoms with van der Waals surface area (Å²) in [5.41, 5.74) is 7.94. The minimum atomic E-state index is -0.0456. The summed E-state index contributed by atoms with van der Waals surface area (Å²) in [6.45, 7) is 6.43. The first-order chi connectivity index (χ1) is 9.78. The molecule has 1 atom stereocenters. The van der Waals surface area contributed by atoms with E-state index in [-0.39, 0.29) is 11.9 Å². The van der Waals surface area contributed by atoms with E-state index in [9.17, 15) is 4.79 Å². The molecule has 1 amide bonds. The van der Waals surface area contributed by atoms with Crippen molar-refractivity contribution in [3.05, 3.63) is 10.6 Å². The Labute approximate surface area is 128 Å². The van der Waals surface area contributed by atoms with Crippen molar-refractivity contribution in [2.24, 2.45) is 12.5 Å². The second-order valence-electron chi connectivity index (χ2n) is 6.81. The number of carbonyl (C=O) groups excluding carboxylic acids is 1. The monoisotopic (exact) mass is 306 g/mol. The first-order valence-electron chi connectivity index (χ1n) is 7.31. The maximum absolute atomic E-state index is 12.5. The molecule has 2 heterocycles. The molecule has 0 aliphatic heterocycles. The van der Waals surface area contributed by atoms with Crippen molar-refractivity contribution in [1.82, 2.24) is 15.1 Å². The molecule has 2 aromatic heterocycles. The van der Waals surface area contributed by atoms with Gasteiger partial charge in [-0.25, -0.2) is 0 Å². The molecule has 1 aliphatic rings. The molecule has 0 radical (unpaired) electrons. The van der Waals surface area contributed by atoms with Crippen LogP contribution in [0.4, 0.5) is 5.69 Å². The van der Waals surface area contributed by atoms with Crippen molar-refractivity contribution in [2.45, 2.75) is 46.1 Å². The van der Waals surface area contributed by atoms with E-state index >= 15 is 0 Å². The summed E-state index contributed by atoms with van der Waals surface area (Å²) < 4.78 is 1.79. The van der Waals surface area contributed by atoms with E-state index in [0.717, 1.165) is 35.2 Å². The van der Waals surface area contributed by atoms with Crippen molar-refractivity contribution in [1.29, 1.82) is 0 Å². The van der Waals surface area contributed by atoms with Crippen LogP contribution in [0.25, 0.3) is 10.2 Å². The van der Waals surface area contributed by atoms with Gasteiger partial charge in [0.25, 0.3) is 5.91 Å². The van der Waals surface area contributed by atoms with Gasteiger partial charge in [0.05, 0.1) is 16.8 Å². The third-order valence-electron chi connectivity index (χ3n) is 4.39. The maximum Gasteiger partial charge on any atom is 0.263 e. The number of fused-ring (bicyclic) bond motifs is 1. The predicted octanol–water partition coefficient (Wildman–Crippen LogP) is 2.83. The second kappa shape index (κ2) is 4.73. The number of anilines is 1. The van der Waals surface area contributed by atoms with Gasteiger partial charge in [0.1, 0.15) is 9.71 Å². The molecule has 3 rings (SSSR count). The minimum absolute atomic E-state index is 0.0456. The van der Waals surface area contributed by atoms with Crippen molar-refractivity contribution < 1.29 is 4.79 Å². The Balaban J connectivity index is 1.85. The Morgan fingerprint density at radius 3 is 2.81 bits per heavy atom. The molecule has 21 heavy (non-hydrogen) atoms. The number of thiophene rings is 1. The molecule has 6 heteroatoms. The number of carbonyl (C=O) groups is 1. The standard InChI is InChI=1S/C15H22N4OS/c1-8-10-11(16)12(21-14(10)19(4)18-8)13(20)17-9-5-6-15(2,3)7-9/h9H,5-7,16H2,1-4H3,(H,17,20). The van der Waals surface area contributed by atoms with Crippen LogP contribution in [0.2, 0.25) is 0 Å². The molecule has 1 unspecified atom stereocenters. The van der Waals surface area contributed by atoms with Crippen LogP contribution < -0.4 is 11.1 Å². The molecule has 2 aromatic rings. The number of nitrogens with one attached hydrogen (secondary N) is 1. The smallest absolute Gasteiger partial charge is 0.263 e. The summed E-state index contributed by atoms with van der Waals surface area (Å²) in [7, 11) is 1.88. The highest BCUT2D eigenvalue weighted by molar-refractivity contribution is 7.21. The average Bonchev–Trinajstić information content (AvgIpc) is 2.97. The van der Waals surface area contributed by atoms with Crippen molar-refractivity contribution in [3.8, 4) is 0 Å². The molecule has 1 saturated carbocycles. The lowest BCUT2D eigenvalue weighted by atomic mass is 9.92. The molecule has 0 spiro atoms. The van der Waals surface area contributed by atoms with Gasteiger partial charge in [0, 0.05) is 13.1 Å². The topological polar surface area (TPSA) is 72.9 Å². The van der Waals surface area contributed by atoms with E-state index in [4.69, 9.17) is 5.73 Å². The third-order valence-corrected chi connectivity index (χ3v) is 5.66. The molecular formula is C15H22N4OS. The summed E-state index contributed by atoms with van der Waals surface area (Å²) in [5, 5.41) is 8.41. The predicted molar refractivity (Wildman–Crippen MR) is 86.6 cm³/mol. The Morgan fingerprint density at radius 1 is 1.52 bits per heavy atom. The number of nitrogens with two attached hydrogens (primary N) is 1. The van der Waals surface area contributed by atoms with Crippen molar-refractivity contribution >= 4 is 33.1 Å². The van der Waals surface area contributed by atoms with E-state index in [1.165, 1.54) is 11.3 Å². The molecule has 3 N–H and O–H groups in total. The molecule has 1 aliphatic carbocycles. The minimum Gasteiger partial charge on any atom is -0.397 e. The van der Waals surface area contributed by atoms with Gasteiger partial charge in [-0.15, -0.1) is 11.3 Å². The Bertz CT molecular complexity index is 713. The summed E-state index contributed by atoms with van der Waals surface area (Å²) in [6, 6.07) is 0.260. The number of nitrogen functional groups attached to an aromatic ring is 1. The Hall–Kier alpha value is -1.56. The third kappa shape index (κ3) is 2.41. The molecule has 0 aromatic carbocycles. The van der Waals surface area contributed by atoms with Gasteiger partial charge in [0.2, 0.25) is 0 Å². The van der Waals surface area contributed by atoms with E-state index in [2.05, 4.69) is 24.3 Å². The van der Waals surface area contributed by atoms with Gasteiger partial charge in [-0.2, -0.15) is 5.10 Å². The van der Waals surface area contributed by atoms with Crippen LogP contribution in [0.15, 0.2) is 0 Å². The van der Waals surface area contributed by atoms with Crippen LogP contribution in [0.3, 0.4) is 0 Å².